The van der Waals surface area contributed by atoms with Crippen molar-refractivity contribution in [3.05, 3.63) is 101 Å². The molecule has 2 N–H and O–H groups in total. The molecule has 1 aliphatic rings. The third kappa shape index (κ3) is 5.06. The van der Waals surface area contributed by atoms with Crippen LogP contribution in [0.25, 0.3) is 0 Å². The van der Waals surface area contributed by atoms with Gasteiger partial charge in [0, 0.05) is 13.1 Å². The van der Waals surface area contributed by atoms with Gasteiger partial charge in [0.1, 0.15) is 5.60 Å². The zero-order valence-corrected chi connectivity index (χ0v) is 19.8. The van der Waals surface area contributed by atoms with Crippen molar-refractivity contribution in [3.8, 4) is 0 Å². The number of aliphatic hydroxyl groups is 1. The molecule has 0 aliphatic carbocycles. The van der Waals surface area contributed by atoms with Gasteiger partial charge in [-0.3, -0.25) is 0 Å². The van der Waals surface area contributed by atoms with Crippen molar-refractivity contribution in [3.63, 3.8) is 0 Å². The third-order valence-electron chi connectivity index (χ3n) is 6.34. The molecule has 0 atom stereocenters. The fraction of sp³-hybridized carbons (Fsp3) is 0.269. The predicted octanol–water partition coefficient (Wildman–Crippen LogP) is 6.70. The maximum Gasteiger partial charge on any atom is 0.416 e. The van der Waals surface area contributed by atoms with Crippen LogP contribution in [0.15, 0.2) is 78.9 Å². The highest BCUT2D eigenvalue weighted by Crippen LogP contribution is 2.42. The second kappa shape index (κ2) is 9.94. The predicted molar refractivity (Wildman–Crippen MR) is 133 cm³/mol. The van der Waals surface area contributed by atoms with Crippen molar-refractivity contribution in [2.75, 3.05) is 18.4 Å². The van der Waals surface area contributed by atoms with Gasteiger partial charge in [-0.05, 0) is 60.3 Å². The molecule has 0 saturated carbocycles. The van der Waals surface area contributed by atoms with Crippen LogP contribution in [0.5, 0.6) is 0 Å². The van der Waals surface area contributed by atoms with E-state index in [0.717, 1.165) is 23.3 Å². The quantitative estimate of drug-likeness (QED) is 0.387. The zero-order valence-electron chi connectivity index (χ0n) is 18.2. The number of rotatable bonds is 4. The molecular weight excluding hydrogens is 481 g/mol. The van der Waals surface area contributed by atoms with Crippen molar-refractivity contribution in [2.24, 2.45) is 5.92 Å². The summed E-state index contributed by atoms with van der Waals surface area (Å²) in [6, 6.07) is 22.5. The van der Waals surface area contributed by atoms with Gasteiger partial charge in [0.2, 0.25) is 0 Å². The SMILES string of the molecule is OC(c1ccccc1)(c1ccccc1)C1CCN(C(=S)Nc2ccc(C(F)(F)F)cc2Cl)CC1. The van der Waals surface area contributed by atoms with Gasteiger partial charge in [-0.1, -0.05) is 72.3 Å². The molecule has 0 radical (unpaired) electrons. The minimum absolute atomic E-state index is 0.0361. The molecule has 3 nitrogen and oxygen atoms in total. The monoisotopic (exact) mass is 504 g/mol. The summed E-state index contributed by atoms with van der Waals surface area (Å²) in [4.78, 5) is 1.95. The molecule has 0 unspecified atom stereocenters. The summed E-state index contributed by atoms with van der Waals surface area (Å²) in [6.45, 7) is 1.19. The minimum Gasteiger partial charge on any atom is -0.380 e. The highest BCUT2D eigenvalue weighted by molar-refractivity contribution is 7.80. The van der Waals surface area contributed by atoms with Crippen LogP contribution in [0, 0.1) is 5.92 Å². The number of anilines is 1. The van der Waals surface area contributed by atoms with Crippen molar-refractivity contribution < 1.29 is 18.3 Å². The van der Waals surface area contributed by atoms with Gasteiger partial charge in [-0.15, -0.1) is 0 Å². The Labute approximate surface area is 207 Å². The first-order valence-corrected chi connectivity index (χ1v) is 11.7. The van der Waals surface area contributed by atoms with E-state index in [2.05, 4.69) is 5.32 Å². The highest BCUT2D eigenvalue weighted by Gasteiger charge is 2.41. The Hall–Kier alpha value is -2.61. The molecular formula is C26H24ClF3N2OS. The van der Waals surface area contributed by atoms with Crippen molar-refractivity contribution in [1.29, 1.82) is 0 Å². The number of piperidine rings is 1. The number of hydrogen-bond donors (Lipinski definition) is 2. The average Bonchev–Trinajstić information content (AvgIpc) is 2.85. The highest BCUT2D eigenvalue weighted by atomic mass is 35.5. The molecule has 1 fully saturated rings. The first kappa shape index (κ1) is 24.5. The molecule has 1 heterocycles. The van der Waals surface area contributed by atoms with E-state index in [1.165, 1.54) is 6.07 Å². The van der Waals surface area contributed by atoms with Crippen LogP contribution < -0.4 is 5.32 Å². The van der Waals surface area contributed by atoms with Gasteiger partial charge >= 0.3 is 6.18 Å². The van der Waals surface area contributed by atoms with E-state index < -0.39 is 17.3 Å². The number of hydrogen-bond acceptors (Lipinski definition) is 2. The number of nitrogens with one attached hydrogen (secondary N) is 1. The van der Waals surface area contributed by atoms with Crippen LogP contribution in [0.4, 0.5) is 18.9 Å². The lowest BCUT2D eigenvalue weighted by Crippen LogP contribution is -2.47. The maximum absolute atomic E-state index is 12.9. The van der Waals surface area contributed by atoms with Gasteiger partial charge in [-0.2, -0.15) is 13.2 Å². The summed E-state index contributed by atoms with van der Waals surface area (Å²) < 4.78 is 38.7. The molecule has 34 heavy (non-hydrogen) atoms. The number of nitrogens with zero attached hydrogens (tertiary/aromatic N) is 1. The van der Waals surface area contributed by atoms with E-state index in [9.17, 15) is 18.3 Å². The smallest absolute Gasteiger partial charge is 0.380 e. The van der Waals surface area contributed by atoms with Gasteiger partial charge in [-0.25, -0.2) is 0 Å². The van der Waals surface area contributed by atoms with Gasteiger partial charge in [0.25, 0.3) is 0 Å². The molecule has 0 aromatic heterocycles. The number of alkyl halides is 3. The van der Waals surface area contributed by atoms with Gasteiger partial charge in [0.15, 0.2) is 5.11 Å². The van der Waals surface area contributed by atoms with E-state index in [0.29, 0.717) is 36.7 Å². The lowest BCUT2D eigenvalue weighted by atomic mass is 9.72. The Morgan fingerprint density at radius 2 is 1.41 bits per heavy atom. The molecule has 4 rings (SSSR count). The molecule has 0 spiro atoms. The fourth-order valence-electron chi connectivity index (χ4n) is 4.51. The normalized spacial score (nSPS) is 15.3. The van der Waals surface area contributed by atoms with Gasteiger partial charge < -0.3 is 15.3 Å². The largest absolute Gasteiger partial charge is 0.416 e. The Balaban J connectivity index is 1.47. The van der Waals surface area contributed by atoms with Crippen LogP contribution in [-0.2, 0) is 11.8 Å². The van der Waals surface area contributed by atoms with E-state index in [1.807, 2.05) is 65.6 Å². The van der Waals surface area contributed by atoms with Crippen LogP contribution in [0.3, 0.4) is 0 Å². The molecule has 1 saturated heterocycles. The summed E-state index contributed by atoms with van der Waals surface area (Å²) in [5.74, 6) is -0.0361. The summed E-state index contributed by atoms with van der Waals surface area (Å²) in [6.07, 6.45) is -3.09. The summed E-state index contributed by atoms with van der Waals surface area (Å²) in [5, 5.41) is 15.3. The third-order valence-corrected chi connectivity index (χ3v) is 7.01. The molecule has 8 heteroatoms. The summed E-state index contributed by atoms with van der Waals surface area (Å²) in [7, 11) is 0. The Kier molecular flexibility index (Phi) is 7.17. The van der Waals surface area contributed by atoms with Crippen LogP contribution in [-0.4, -0.2) is 28.2 Å². The lowest BCUT2D eigenvalue weighted by Gasteiger charge is -2.43. The standard InChI is InChI=1S/C26H24ClF3N2OS/c27-22-17-21(26(28,29)30)11-12-23(22)31-24(34)32-15-13-20(14-16-32)25(33,18-7-3-1-4-8-18)19-9-5-2-6-10-19/h1-12,17,20,33H,13-16H2,(H,31,34). The number of benzene rings is 3. The number of thiocarbonyl (C=S) groups is 1. The second-order valence-electron chi connectivity index (χ2n) is 8.38. The molecule has 0 amide bonds. The van der Waals surface area contributed by atoms with E-state index in [-0.39, 0.29) is 10.9 Å². The number of halogens is 4. The molecule has 0 bridgehead atoms. The second-order valence-corrected chi connectivity index (χ2v) is 9.18. The summed E-state index contributed by atoms with van der Waals surface area (Å²) >= 11 is 11.6. The topological polar surface area (TPSA) is 35.5 Å². The summed E-state index contributed by atoms with van der Waals surface area (Å²) in [5.41, 5.74) is 0.0666. The Morgan fingerprint density at radius 1 is 0.882 bits per heavy atom. The number of likely N-dealkylation sites (tertiary alicyclic amines) is 1. The van der Waals surface area contributed by atoms with E-state index in [1.54, 1.807) is 0 Å². The van der Waals surface area contributed by atoms with Crippen molar-refractivity contribution >= 4 is 34.6 Å². The average molecular weight is 505 g/mol. The van der Waals surface area contributed by atoms with E-state index >= 15 is 0 Å². The van der Waals surface area contributed by atoms with Crippen LogP contribution >= 0.6 is 23.8 Å². The molecule has 3 aromatic rings. The molecule has 178 valence electrons. The van der Waals surface area contributed by atoms with Crippen molar-refractivity contribution in [1.82, 2.24) is 4.90 Å². The van der Waals surface area contributed by atoms with E-state index in [4.69, 9.17) is 23.8 Å². The first-order valence-electron chi connectivity index (χ1n) is 11.0. The Morgan fingerprint density at radius 3 is 1.88 bits per heavy atom. The molecule has 3 aromatic carbocycles. The van der Waals surface area contributed by atoms with Crippen LogP contribution in [0.1, 0.15) is 29.5 Å². The Bertz CT molecular complexity index is 1090. The zero-order chi connectivity index (χ0) is 24.3. The fourth-order valence-corrected chi connectivity index (χ4v) is 5.03. The minimum atomic E-state index is -4.46. The van der Waals surface area contributed by atoms with Crippen LogP contribution in [0.2, 0.25) is 5.02 Å². The molecule has 1 aliphatic heterocycles. The lowest BCUT2D eigenvalue weighted by molar-refractivity contribution is -0.137. The first-order chi connectivity index (χ1) is 16.2. The maximum atomic E-state index is 12.9. The van der Waals surface area contributed by atoms with Gasteiger partial charge in [0.05, 0.1) is 16.3 Å². The van der Waals surface area contributed by atoms with Crippen molar-refractivity contribution in [2.45, 2.75) is 24.6 Å².